The van der Waals surface area contributed by atoms with Crippen LogP contribution in [0.15, 0.2) is 24.3 Å². The highest BCUT2D eigenvalue weighted by atomic mass is 16.8. The van der Waals surface area contributed by atoms with Crippen molar-refractivity contribution in [2.45, 2.75) is 50.7 Å². The fourth-order valence-electron chi connectivity index (χ4n) is 7.42. The summed E-state index contributed by atoms with van der Waals surface area (Å²) in [5.74, 6) is 0.840. The average molecular weight is 457 g/mol. The van der Waals surface area contributed by atoms with Crippen molar-refractivity contribution >= 4 is 17.3 Å². The second kappa shape index (κ2) is 7.83. The van der Waals surface area contributed by atoms with Crippen LogP contribution in [0, 0.1) is 28.4 Å². The number of nitrogens with zero attached hydrogens (tertiary/aromatic N) is 3. The van der Waals surface area contributed by atoms with Gasteiger partial charge in [-0.25, -0.2) is 0 Å². The fraction of sp³-hybridized carbons (Fsp3) is 0.720. The van der Waals surface area contributed by atoms with Crippen molar-refractivity contribution in [3.05, 3.63) is 29.5 Å². The van der Waals surface area contributed by atoms with Crippen LogP contribution in [0.1, 0.15) is 39.0 Å². The predicted molar refractivity (Wildman–Crippen MR) is 123 cm³/mol. The molecule has 8 nitrogen and oxygen atoms in total. The molecule has 3 heterocycles. The number of rotatable bonds is 4. The molecule has 2 saturated carbocycles. The van der Waals surface area contributed by atoms with Crippen LogP contribution in [0.4, 0.5) is 11.4 Å². The zero-order valence-electron chi connectivity index (χ0n) is 19.3. The number of hydrogen-bond donors (Lipinski definition) is 1. The first-order chi connectivity index (χ1) is 15.9. The van der Waals surface area contributed by atoms with E-state index in [2.05, 4.69) is 16.7 Å². The minimum atomic E-state index is -0.117. The van der Waals surface area contributed by atoms with E-state index in [0.717, 1.165) is 57.9 Å². The monoisotopic (exact) mass is 456 g/mol. The summed E-state index contributed by atoms with van der Waals surface area (Å²) in [4.78, 5) is 17.6. The molecule has 5 fully saturated rings. The van der Waals surface area contributed by atoms with Gasteiger partial charge in [-0.05, 0) is 67.7 Å². The lowest BCUT2D eigenvalue weighted by atomic mass is 9.53. The first-order valence-electron chi connectivity index (χ1n) is 12.4. The van der Waals surface area contributed by atoms with E-state index in [9.17, 15) is 10.0 Å². The lowest BCUT2D eigenvalue weighted by Gasteiger charge is -2.51. The van der Waals surface area contributed by atoms with Gasteiger partial charge in [0.2, 0.25) is 0 Å². The van der Waals surface area contributed by atoms with Crippen LogP contribution in [0.3, 0.4) is 0 Å². The summed E-state index contributed by atoms with van der Waals surface area (Å²) >= 11 is 0. The average Bonchev–Trinajstić information content (AvgIpc) is 3.51. The van der Waals surface area contributed by atoms with Crippen LogP contribution in [0.5, 0.6) is 0 Å². The zero-order chi connectivity index (χ0) is 22.8. The molecule has 0 radical (unpaired) electrons. The van der Waals surface area contributed by atoms with E-state index in [4.69, 9.17) is 14.7 Å². The largest absolute Gasteiger partial charge is 0.733 e. The molecule has 3 saturated heterocycles. The number of epoxide rings is 1. The van der Waals surface area contributed by atoms with E-state index in [-0.39, 0.29) is 39.9 Å². The van der Waals surface area contributed by atoms with Gasteiger partial charge in [-0.1, -0.05) is 6.92 Å². The van der Waals surface area contributed by atoms with Crippen molar-refractivity contribution in [2.24, 2.45) is 23.2 Å². The summed E-state index contributed by atoms with van der Waals surface area (Å²) < 4.78 is 12.0. The van der Waals surface area contributed by atoms with E-state index in [1.54, 1.807) is 12.1 Å². The van der Waals surface area contributed by atoms with Gasteiger partial charge in [-0.2, -0.15) is 0 Å². The number of hydrogen-bond acceptors (Lipinski definition) is 8. The highest BCUT2D eigenvalue weighted by Gasteiger charge is 2.65. The molecule has 1 aromatic rings. The van der Waals surface area contributed by atoms with E-state index < -0.39 is 0 Å². The van der Waals surface area contributed by atoms with Gasteiger partial charge in [0.25, 0.3) is 0 Å². The molecule has 1 aromatic carbocycles. The maximum Gasteiger partial charge on any atom is 0.310 e. The SMILES string of the molecule is C[C@]12CCC[C@]3(CO3)C1C[C@@H]1C(CN3CCN(c4ccc(N([O-])O)cc4)CC3)C(=O)O[C@@H]1C2. The molecule has 0 bridgehead atoms. The minimum absolute atomic E-state index is 0.00204. The van der Waals surface area contributed by atoms with Crippen molar-refractivity contribution in [1.82, 2.24) is 4.90 Å². The van der Waals surface area contributed by atoms with Gasteiger partial charge in [0.1, 0.15) is 6.10 Å². The van der Waals surface area contributed by atoms with E-state index in [1.807, 2.05) is 12.1 Å². The van der Waals surface area contributed by atoms with Gasteiger partial charge in [0.15, 0.2) is 0 Å². The number of fused-ring (bicyclic) bond motifs is 3. The Hall–Kier alpha value is -1.87. The topological polar surface area (TPSA) is 91.8 Å². The molecule has 33 heavy (non-hydrogen) atoms. The maximum absolute atomic E-state index is 12.9. The number of carbonyl (C=O) groups excluding carboxylic acids is 1. The summed E-state index contributed by atoms with van der Waals surface area (Å²) in [7, 11) is 0. The highest BCUT2D eigenvalue weighted by Crippen LogP contribution is 2.62. The summed E-state index contributed by atoms with van der Waals surface area (Å²) in [6.45, 7) is 7.60. The third-order valence-corrected chi connectivity index (χ3v) is 9.34. The number of benzene rings is 1. The van der Waals surface area contributed by atoms with Crippen LogP contribution < -0.4 is 10.1 Å². The van der Waals surface area contributed by atoms with Crippen molar-refractivity contribution < 1.29 is 19.5 Å². The molecule has 2 unspecified atom stereocenters. The number of carbonyl (C=O) groups is 1. The molecule has 3 aliphatic heterocycles. The smallest absolute Gasteiger partial charge is 0.310 e. The normalized spacial score (nSPS) is 40.3. The molecular weight excluding hydrogens is 422 g/mol. The fourth-order valence-corrected chi connectivity index (χ4v) is 7.42. The number of esters is 1. The molecule has 0 amide bonds. The van der Waals surface area contributed by atoms with Gasteiger partial charge < -0.3 is 24.8 Å². The van der Waals surface area contributed by atoms with Crippen LogP contribution in [0.2, 0.25) is 0 Å². The molecule has 0 aromatic heterocycles. The molecule has 6 atom stereocenters. The number of anilines is 2. The number of piperazine rings is 1. The molecule has 8 heteroatoms. The van der Waals surface area contributed by atoms with Crippen molar-refractivity contribution in [3.63, 3.8) is 0 Å². The maximum atomic E-state index is 12.9. The Morgan fingerprint density at radius 2 is 1.91 bits per heavy atom. The summed E-state index contributed by atoms with van der Waals surface area (Å²) in [5.41, 5.74) is 1.60. The first-order valence-corrected chi connectivity index (χ1v) is 12.4. The molecule has 1 N–H and O–H groups in total. The van der Waals surface area contributed by atoms with Gasteiger partial charge >= 0.3 is 5.97 Å². The Labute approximate surface area is 195 Å². The Morgan fingerprint density at radius 1 is 1.18 bits per heavy atom. The second-order valence-corrected chi connectivity index (χ2v) is 11.2. The van der Waals surface area contributed by atoms with Crippen molar-refractivity contribution in [1.29, 1.82) is 0 Å². The van der Waals surface area contributed by atoms with Gasteiger partial charge in [-0.15, -0.1) is 0 Å². The Kier molecular flexibility index (Phi) is 5.14. The summed E-state index contributed by atoms with van der Waals surface area (Å²) in [6, 6.07) is 6.98. The van der Waals surface area contributed by atoms with Crippen LogP contribution >= 0.6 is 0 Å². The summed E-state index contributed by atoms with van der Waals surface area (Å²) in [5, 5.41) is 19.9. The lowest BCUT2D eigenvalue weighted by Crippen LogP contribution is -2.52. The standard InChI is InChI=1S/C25H34N3O5/c1-24-7-2-8-25(16-32-25)22(24)13-19-20(23(29)33-21(19)14-24)15-26-9-11-27(12-10-26)17-3-5-18(6-4-17)28(30)31/h3-6,19-22,30H,2,7-16H2,1H3/q-1/t19-,20?,21-,22?,24-,25+/m1/s1. The second-order valence-electron chi connectivity index (χ2n) is 11.2. The lowest BCUT2D eigenvalue weighted by molar-refractivity contribution is -0.147. The zero-order valence-corrected chi connectivity index (χ0v) is 19.3. The van der Waals surface area contributed by atoms with Crippen LogP contribution in [-0.4, -0.2) is 67.1 Å². The Morgan fingerprint density at radius 3 is 2.58 bits per heavy atom. The van der Waals surface area contributed by atoms with E-state index >= 15 is 0 Å². The quantitative estimate of drug-likeness (QED) is 0.420. The van der Waals surface area contributed by atoms with Gasteiger partial charge in [0.05, 0.1) is 23.8 Å². The van der Waals surface area contributed by atoms with E-state index in [0.29, 0.717) is 11.8 Å². The Balaban J connectivity index is 1.09. The van der Waals surface area contributed by atoms with Gasteiger partial charge in [0, 0.05) is 44.3 Å². The number of ether oxygens (including phenoxy) is 2. The Bertz CT molecular complexity index is 896. The van der Waals surface area contributed by atoms with Crippen LogP contribution in [0.25, 0.3) is 0 Å². The predicted octanol–water partition coefficient (Wildman–Crippen LogP) is 3.03. The first kappa shape index (κ1) is 21.6. The molecular formula is C25H34N3O5-. The summed E-state index contributed by atoms with van der Waals surface area (Å²) in [6.07, 6.45) is 5.76. The molecule has 5 aliphatic rings. The third kappa shape index (κ3) is 3.71. The van der Waals surface area contributed by atoms with Crippen molar-refractivity contribution in [3.8, 4) is 0 Å². The molecule has 2 aliphatic carbocycles. The van der Waals surface area contributed by atoms with Crippen molar-refractivity contribution in [2.75, 3.05) is 49.5 Å². The van der Waals surface area contributed by atoms with E-state index in [1.165, 1.54) is 19.3 Å². The van der Waals surface area contributed by atoms with Gasteiger partial charge in [-0.3, -0.25) is 14.9 Å². The molecule has 1 spiro atoms. The molecule has 180 valence electrons. The minimum Gasteiger partial charge on any atom is -0.733 e. The molecule has 6 rings (SSSR count). The highest BCUT2D eigenvalue weighted by molar-refractivity contribution is 5.75. The van der Waals surface area contributed by atoms with Crippen LogP contribution in [-0.2, 0) is 14.3 Å². The third-order valence-electron chi connectivity index (χ3n) is 9.34.